The van der Waals surface area contributed by atoms with Crippen LogP contribution in [0, 0.1) is 23.2 Å². The van der Waals surface area contributed by atoms with E-state index in [0.717, 1.165) is 27.2 Å². The summed E-state index contributed by atoms with van der Waals surface area (Å²) >= 11 is 9.63. The molecule has 4 bridgehead atoms. The topological polar surface area (TPSA) is 12.0 Å². The van der Waals surface area contributed by atoms with Gasteiger partial charge in [0.1, 0.15) is 0 Å². The van der Waals surface area contributed by atoms with Gasteiger partial charge in [-0.3, -0.25) is 0 Å². The molecule has 0 radical (unpaired) electrons. The minimum atomic E-state index is 0.543. The molecule has 0 aromatic heterocycles. The molecule has 0 saturated heterocycles. The van der Waals surface area contributed by atoms with Crippen LogP contribution in [0.15, 0.2) is 22.7 Å². The van der Waals surface area contributed by atoms with E-state index in [1.165, 1.54) is 44.2 Å². The first-order valence-corrected chi connectivity index (χ1v) is 9.43. The van der Waals surface area contributed by atoms with E-state index in [2.05, 4.69) is 40.3 Å². The maximum atomic E-state index is 6.10. The van der Waals surface area contributed by atoms with Crippen LogP contribution in [-0.2, 0) is 0 Å². The van der Waals surface area contributed by atoms with E-state index in [4.69, 9.17) is 11.6 Å². The molecule has 3 heteroatoms. The van der Waals surface area contributed by atoms with E-state index < -0.39 is 0 Å². The summed E-state index contributed by atoms with van der Waals surface area (Å²) < 4.78 is 0.979. The van der Waals surface area contributed by atoms with Crippen LogP contribution >= 0.6 is 27.5 Å². The molecule has 4 fully saturated rings. The second kappa shape index (κ2) is 5.16. The summed E-state index contributed by atoms with van der Waals surface area (Å²) in [5, 5.41) is 4.56. The highest BCUT2D eigenvalue weighted by molar-refractivity contribution is 9.10. The van der Waals surface area contributed by atoms with Gasteiger partial charge < -0.3 is 5.32 Å². The molecule has 4 saturated carbocycles. The molecule has 1 unspecified atom stereocenters. The van der Waals surface area contributed by atoms with Crippen LogP contribution in [0.1, 0.15) is 45.4 Å². The first-order chi connectivity index (χ1) is 10.0. The van der Waals surface area contributed by atoms with Crippen LogP contribution in [0.3, 0.4) is 0 Å². The molecule has 0 spiro atoms. The average Bonchev–Trinajstić information content (AvgIpc) is 2.41. The summed E-state index contributed by atoms with van der Waals surface area (Å²) in [5.74, 6) is 3.03. The third-order valence-electron chi connectivity index (χ3n) is 6.31. The Labute approximate surface area is 141 Å². The highest BCUT2D eigenvalue weighted by Gasteiger charge is 2.53. The minimum absolute atomic E-state index is 0.543. The number of anilines is 1. The van der Waals surface area contributed by atoms with Crippen molar-refractivity contribution in [2.75, 3.05) is 5.32 Å². The third kappa shape index (κ3) is 2.53. The predicted octanol–water partition coefficient (Wildman–Crippen LogP) is 6.12. The molecule has 0 heterocycles. The van der Waals surface area contributed by atoms with Gasteiger partial charge >= 0.3 is 0 Å². The van der Waals surface area contributed by atoms with E-state index in [0.29, 0.717) is 11.5 Å². The fraction of sp³-hybridized carbons (Fsp3) is 0.667. The third-order valence-corrected chi connectivity index (χ3v) is 7.52. The van der Waals surface area contributed by atoms with Gasteiger partial charge in [-0.25, -0.2) is 0 Å². The maximum absolute atomic E-state index is 6.10. The number of halogens is 2. The zero-order valence-electron chi connectivity index (χ0n) is 12.5. The SMILES string of the molecule is CC(Nc1ccc(Cl)c(Br)c1)C12CC3CC(CC(C3)C1)C2. The molecule has 1 aromatic carbocycles. The molecule has 114 valence electrons. The number of benzene rings is 1. The molecular weight excluding hydrogens is 346 g/mol. The first kappa shape index (κ1) is 14.4. The van der Waals surface area contributed by atoms with Crippen molar-refractivity contribution in [2.45, 2.75) is 51.5 Å². The predicted molar refractivity (Wildman–Crippen MR) is 92.8 cm³/mol. The lowest BCUT2D eigenvalue weighted by Crippen LogP contribution is -2.52. The smallest absolute Gasteiger partial charge is 0.0549 e. The molecule has 1 nitrogen and oxygen atoms in total. The zero-order valence-corrected chi connectivity index (χ0v) is 14.9. The molecule has 4 aliphatic carbocycles. The van der Waals surface area contributed by atoms with Crippen molar-refractivity contribution in [3.05, 3.63) is 27.7 Å². The molecule has 4 aliphatic rings. The molecule has 5 rings (SSSR count). The molecule has 21 heavy (non-hydrogen) atoms. The molecule has 0 amide bonds. The van der Waals surface area contributed by atoms with Crippen molar-refractivity contribution in [1.82, 2.24) is 0 Å². The number of nitrogens with one attached hydrogen (secondary N) is 1. The van der Waals surface area contributed by atoms with Gasteiger partial charge in [-0.05, 0) is 103 Å². The highest BCUT2D eigenvalue weighted by atomic mass is 79.9. The van der Waals surface area contributed by atoms with Crippen LogP contribution in [-0.4, -0.2) is 6.04 Å². The van der Waals surface area contributed by atoms with Crippen LogP contribution in [0.2, 0.25) is 5.02 Å². The van der Waals surface area contributed by atoms with Crippen molar-refractivity contribution in [2.24, 2.45) is 23.2 Å². The molecule has 1 atom stereocenters. The fourth-order valence-electron chi connectivity index (χ4n) is 5.70. The summed E-state index contributed by atoms with van der Waals surface area (Å²) in [6.45, 7) is 2.40. The summed E-state index contributed by atoms with van der Waals surface area (Å²) in [6.07, 6.45) is 8.88. The Morgan fingerprint density at radius 3 is 2.24 bits per heavy atom. The molecule has 1 N–H and O–H groups in total. The Balaban J connectivity index is 1.54. The van der Waals surface area contributed by atoms with Gasteiger partial charge in [0, 0.05) is 16.2 Å². The van der Waals surface area contributed by atoms with Crippen LogP contribution in [0.25, 0.3) is 0 Å². The van der Waals surface area contributed by atoms with Gasteiger partial charge in [0.25, 0.3) is 0 Å². The Hall–Kier alpha value is -0.210. The van der Waals surface area contributed by atoms with Gasteiger partial charge in [-0.2, -0.15) is 0 Å². The van der Waals surface area contributed by atoms with E-state index >= 15 is 0 Å². The van der Waals surface area contributed by atoms with Crippen molar-refractivity contribution >= 4 is 33.2 Å². The van der Waals surface area contributed by atoms with Gasteiger partial charge in [0.15, 0.2) is 0 Å². The Morgan fingerprint density at radius 2 is 1.71 bits per heavy atom. The van der Waals surface area contributed by atoms with E-state index in [1.807, 2.05) is 6.07 Å². The second-order valence-electron chi connectivity index (χ2n) is 7.77. The van der Waals surface area contributed by atoms with Gasteiger partial charge in [-0.15, -0.1) is 0 Å². The summed E-state index contributed by atoms with van der Waals surface area (Å²) in [4.78, 5) is 0. The monoisotopic (exact) mass is 367 g/mol. The van der Waals surface area contributed by atoms with E-state index in [9.17, 15) is 0 Å². The van der Waals surface area contributed by atoms with Crippen molar-refractivity contribution in [3.8, 4) is 0 Å². The van der Waals surface area contributed by atoms with E-state index in [-0.39, 0.29) is 0 Å². The largest absolute Gasteiger partial charge is 0.382 e. The highest BCUT2D eigenvalue weighted by Crippen LogP contribution is 2.61. The van der Waals surface area contributed by atoms with Crippen LogP contribution < -0.4 is 5.32 Å². The molecule has 1 aromatic rings. The Morgan fingerprint density at radius 1 is 1.14 bits per heavy atom. The zero-order chi connectivity index (χ0) is 14.6. The maximum Gasteiger partial charge on any atom is 0.0549 e. The first-order valence-electron chi connectivity index (χ1n) is 8.26. The minimum Gasteiger partial charge on any atom is -0.382 e. The lowest BCUT2D eigenvalue weighted by atomic mass is 9.48. The average molecular weight is 369 g/mol. The van der Waals surface area contributed by atoms with Gasteiger partial charge in [-0.1, -0.05) is 11.6 Å². The quantitative estimate of drug-likeness (QED) is 0.677. The number of hydrogen-bond donors (Lipinski definition) is 1. The van der Waals surface area contributed by atoms with Crippen LogP contribution in [0.4, 0.5) is 5.69 Å². The standard InChI is InChI=1S/C18H23BrClN/c1-11(21-15-2-3-17(20)16(19)7-15)18-8-12-4-13(9-18)6-14(5-12)10-18/h2-3,7,11-14,21H,4-6,8-10H2,1H3. The Kier molecular flexibility index (Phi) is 3.54. The summed E-state index contributed by atoms with van der Waals surface area (Å²) in [7, 11) is 0. The summed E-state index contributed by atoms with van der Waals surface area (Å²) in [5.41, 5.74) is 1.73. The second-order valence-corrected chi connectivity index (χ2v) is 9.04. The van der Waals surface area contributed by atoms with Crippen molar-refractivity contribution in [3.63, 3.8) is 0 Å². The number of hydrogen-bond acceptors (Lipinski definition) is 1. The molecular formula is C18H23BrClN. The van der Waals surface area contributed by atoms with E-state index in [1.54, 1.807) is 0 Å². The van der Waals surface area contributed by atoms with Crippen molar-refractivity contribution in [1.29, 1.82) is 0 Å². The van der Waals surface area contributed by atoms with Gasteiger partial charge in [0.2, 0.25) is 0 Å². The Bertz CT molecular complexity index is 521. The normalized spacial score (nSPS) is 38.5. The van der Waals surface area contributed by atoms with Gasteiger partial charge in [0.05, 0.1) is 5.02 Å². The summed E-state index contributed by atoms with van der Waals surface area (Å²) in [6, 6.07) is 6.74. The van der Waals surface area contributed by atoms with Crippen molar-refractivity contribution < 1.29 is 0 Å². The molecule has 0 aliphatic heterocycles. The van der Waals surface area contributed by atoms with Crippen LogP contribution in [0.5, 0.6) is 0 Å². The number of rotatable bonds is 3. The lowest BCUT2D eigenvalue weighted by molar-refractivity contribution is -0.0602. The fourth-order valence-corrected chi connectivity index (χ4v) is 6.19. The lowest BCUT2D eigenvalue weighted by Gasteiger charge is -2.59.